The van der Waals surface area contributed by atoms with Crippen molar-refractivity contribution in [3.63, 3.8) is 0 Å². The maximum Gasteiger partial charge on any atom is 0.0540 e. The van der Waals surface area contributed by atoms with E-state index >= 15 is 0 Å². The molecule has 1 unspecified atom stereocenters. The molecule has 2 fully saturated rings. The Kier molecular flexibility index (Phi) is 3.15. The minimum Gasteiger partial charge on any atom is -0.393 e. The Balaban J connectivity index is 1.81. The lowest BCUT2D eigenvalue weighted by molar-refractivity contribution is 0.110. The van der Waals surface area contributed by atoms with Crippen LogP contribution in [0.4, 0.5) is 0 Å². The third-order valence-corrected chi connectivity index (χ3v) is 3.91. The Morgan fingerprint density at radius 2 is 1.77 bits per heavy atom. The molecule has 0 amide bonds. The Morgan fingerprint density at radius 3 is 2.31 bits per heavy atom. The van der Waals surface area contributed by atoms with Crippen molar-refractivity contribution < 1.29 is 5.11 Å². The standard InChI is InChI=1S/C11H18ClO/c12-10-4-1-9(7-10)8-2-5-11(13)6-3-8/h8,10-11,13H,1-7H2. The second-order valence-corrected chi connectivity index (χ2v) is 5.12. The molecule has 0 bridgehead atoms. The molecule has 1 atom stereocenters. The molecular weight excluding hydrogens is 184 g/mol. The van der Waals surface area contributed by atoms with Gasteiger partial charge in [-0.05, 0) is 56.8 Å². The number of hydrogen-bond acceptors (Lipinski definition) is 1. The summed E-state index contributed by atoms with van der Waals surface area (Å²) in [6, 6.07) is 0. The monoisotopic (exact) mass is 201 g/mol. The summed E-state index contributed by atoms with van der Waals surface area (Å²) in [6.07, 6.45) is 7.93. The van der Waals surface area contributed by atoms with E-state index in [1.54, 1.807) is 5.92 Å². The Labute approximate surface area is 85.5 Å². The van der Waals surface area contributed by atoms with Crippen molar-refractivity contribution in [3.8, 4) is 0 Å². The average Bonchev–Trinajstić information content (AvgIpc) is 2.53. The zero-order chi connectivity index (χ0) is 9.26. The van der Waals surface area contributed by atoms with E-state index in [0.29, 0.717) is 5.38 Å². The molecule has 0 spiro atoms. The van der Waals surface area contributed by atoms with Gasteiger partial charge in [-0.1, -0.05) is 0 Å². The highest BCUT2D eigenvalue weighted by Crippen LogP contribution is 2.42. The second kappa shape index (κ2) is 4.18. The minimum absolute atomic E-state index is 0.0231. The van der Waals surface area contributed by atoms with Gasteiger partial charge in [0.15, 0.2) is 0 Å². The van der Waals surface area contributed by atoms with Crippen LogP contribution in [0.15, 0.2) is 0 Å². The van der Waals surface area contributed by atoms with E-state index in [4.69, 9.17) is 11.6 Å². The number of hydrogen-bond donors (Lipinski definition) is 1. The average molecular weight is 202 g/mol. The van der Waals surface area contributed by atoms with Crippen molar-refractivity contribution in [2.45, 2.75) is 56.4 Å². The van der Waals surface area contributed by atoms with Gasteiger partial charge >= 0.3 is 0 Å². The number of aliphatic hydroxyl groups excluding tert-OH is 1. The molecule has 0 aromatic heterocycles. The van der Waals surface area contributed by atoms with Crippen molar-refractivity contribution in [2.24, 2.45) is 5.92 Å². The lowest BCUT2D eigenvalue weighted by atomic mass is 9.78. The van der Waals surface area contributed by atoms with E-state index in [-0.39, 0.29) is 6.10 Å². The van der Waals surface area contributed by atoms with Gasteiger partial charge in [0.1, 0.15) is 0 Å². The van der Waals surface area contributed by atoms with Crippen LogP contribution in [0.25, 0.3) is 0 Å². The molecule has 1 nitrogen and oxygen atoms in total. The fraction of sp³-hybridized carbons (Fsp3) is 0.909. The zero-order valence-electron chi connectivity index (χ0n) is 8.01. The summed E-state index contributed by atoms with van der Waals surface area (Å²) in [5, 5.41) is 9.79. The molecule has 2 aliphatic rings. The van der Waals surface area contributed by atoms with Crippen molar-refractivity contribution >= 4 is 11.6 Å². The first-order valence-corrected chi connectivity index (χ1v) is 5.86. The smallest absolute Gasteiger partial charge is 0.0540 e. The van der Waals surface area contributed by atoms with Gasteiger partial charge in [-0.25, -0.2) is 0 Å². The molecule has 2 saturated carbocycles. The Hall–Kier alpha value is 0.250. The van der Waals surface area contributed by atoms with E-state index in [9.17, 15) is 5.11 Å². The predicted molar refractivity (Wildman–Crippen MR) is 54.7 cm³/mol. The molecule has 0 saturated heterocycles. The largest absolute Gasteiger partial charge is 0.393 e. The molecule has 2 aliphatic carbocycles. The number of rotatable bonds is 1. The van der Waals surface area contributed by atoms with Gasteiger partial charge in [-0.2, -0.15) is 0 Å². The zero-order valence-corrected chi connectivity index (χ0v) is 8.76. The predicted octanol–water partition coefficient (Wildman–Crippen LogP) is 2.90. The fourth-order valence-electron chi connectivity index (χ4n) is 2.69. The number of aliphatic hydroxyl groups is 1. The van der Waals surface area contributed by atoms with E-state index in [0.717, 1.165) is 25.2 Å². The summed E-state index contributed by atoms with van der Waals surface area (Å²) in [6.45, 7) is 0. The summed E-state index contributed by atoms with van der Waals surface area (Å²) in [4.78, 5) is 0. The molecule has 0 heterocycles. The Bertz CT molecular complexity index is 163. The normalized spacial score (nSPS) is 42.5. The maximum absolute atomic E-state index is 9.39. The van der Waals surface area contributed by atoms with Crippen molar-refractivity contribution in [2.75, 3.05) is 0 Å². The minimum atomic E-state index is -0.0231. The van der Waals surface area contributed by atoms with E-state index in [1.807, 2.05) is 0 Å². The van der Waals surface area contributed by atoms with E-state index in [1.165, 1.54) is 25.7 Å². The van der Waals surface area contributed by atoms with Crippen molar-refractivity contribution in [3.05, 3.63) is 5.92 Å². The molecule has 1 radical (unpaired) electrons. The lowest BCUT2D eigenvalue weighted by Gasteiger charge is -2.29. The summed E-state index contributed by atoms with van der Waals surface area (Å²) >= 11 is 6.08. The summed E-state index contributed by atoms with van der Waals surface area (Å²) in [5.74, 6) is 2.47. The number of alkyl halides is 1. The maximum atomic E-state index is 9.39. The van der Waals surface area contributed by atoms with Crippen LogP contribution in [0.3, 0.4) is 0 Å². The first-order chi connectivity index (χ1) is 6.25. The highest BCUT2D eigenvalue weighted by Gasteiger charge is 2.32. The highest BCUT2D eigenvalue weighted by atomic mass is 35.5. The van der Waals surface area contributed by atoms with Gasteiger partial charge in [0.25, 0.3) is 0 Å². The summed E-state index contributed by atoms with van der Waals surface area (Å²) < 4.78 is 0. The number of halogens is 1. The first kappa shape index (κ1) is 9.79. The Morgan fingerprint density at radius 1 is 1.08 bits per heavy atom. The van der Waals surface area contributed by atoms with Gasteiger partial charge in [0, 0.05) is 5.38 Å². The molecule has 1 N–H and O–H groups in total. The fourth-order valence-corrected chi connectivity index (χ4v) is 2.99. The van der Waals surface area contributed by atoms with Crippen molar-refractivity contribution in [1.29, 1.82) is 0 Å². The van der Waals surface area contributed by atoms with Gasteiger partial charge in [0.2, 0.25) is 0 Å². The quantitative estimate of drug-likeness (QED) is 0.647. The van der Waals surface area contributed by atoms with Gasteiger partial charge in [-0.15, -0.1) is 11.6 Å². The lowest BCUT2D eigenvalue weighted by Crippen LogP contribution is -2.22. The van der Waals surface area contributed by atoms with Crippen LogP contribution in [0, 0.1) is 11.8 Å². The van der Waals surface area contributed by atoms with E-state index < -0.39 is 0 Å². The first-order valence-electron chi connectivity index (χ1n) is 5.42. The molecule has 0 aliphatic heterocycles. The van der Waals surface area contributed by atoms with Gasteiger partial charge in [0.05, 0.1) is 6.10 Å². The second-order valence-electron chi connectivity index (χ2n) is 4.50. The molecule has 75 valence electrons. The van der Waals surface area contributed by atoms with Crippen LogP contribution >= 0.6 is 11.6 Å². The van der Waals surface area contributed by atoms with E-state index in [2.05, 4.69) is 0 Å². The molecule has 2 heteroatoms. The highest BCUT2D eigenvalue weighted by molar-refractivity contribution is 6.20. The molecule has 13 heavy (non-hydrogen) atoms. The van der Waals surface area contributed by atoms with Gasteiger partial charge in [-0.3, -0.25) is 0 Å². The van der Waals surface area contributed by atoms with Crippen molar-refractivity contribution in [1.82, 2.24) is 0 Å². The van der Waals surface area contributed by atoms with Crippen LogP contribution in [0.5, 0.6) is 0 Å². The SMILES string of the molecule is OC1CCC([C]2CCC(Cl)C2)CC1. The van der Waals surface area contributed by atoms with Crippen LogP contribution in [0.2, 0.25) is 0 Å². The summed E-state index contributed by atoms with van der Waals surface area (Å²) in [7, 11) is 0. The van der Waals surface area contributed by atoms with Crippen LogP contribution < -0.4 is 0 Å². The molecule has 0 aromatic rings. The summed E-state index contributed by atoms with van der Waals surface area (Å²) in [5.41, 5.74) is 0. The molecular formula is C11H18ClO. The molecule has 0 aromatic carbocycles. The third-order valence-electron chi connectivity index (χ3n) is 3.54. The van der Waals surface area contributed by atoms with Gasteiger partial charge < -0.3 is 5.11 Å². The topological polar surface area (TPSA) is 20.2 Å². The van der Waals surface area contributed by atoms with Crippen LogP contribution in [0.1, 0.15) is 44.9 Å². The third kappa shape index (κ3) is 2.38. The molecule has 2 rings (SSSR count). The van der Waals surface area contributed by atoms with Crippen LogP contribution in [-0.2, 0) is 0 Å². The van der Waals surface area contributed by atoms with Crippen LogP contribution in [-0.4, -0.2) is 16.6 Å².